The molecule has 2 aromatic rings. The zero-order valence-electron chi connectivity index (χ0n) is 19.2. The molecule has 0 fully saturated rings. The third kappa shape index (κ3) is 7.52. The normalized spacial score (nSPS) is 15.7. The molecule has 33 heavy (non-hydrogen) atoms. The minimum Gasteiger partial charge on any atom is -0.459 e. The highest BCUT2D eigenvalue weighted by molar-refractivity contribution is 5.83. The van der Waals surface area contributed by atoms with Gasteiger partial charge in [0.05, 0.1) is 12.6 Å². The first-order valence-corrected chi connectivity index (χ1v) is 11.0. The number of amides is 3. The number of urea groups is 1. The number of hydrogen-bond acceptors (Lipinski definition) is 5. The molecule has 1 unspecified atom stereocenters. The molecule has 1 aliphatic carbocycles. The van der Waals surface area contributed by atoms with Gasteiger partial charge in [0.15, 0.2) is 0 Å². The van der Waals surface area contributed by atoms with Gasteiger partial charge in [-0.1, -0.05) is 54.6 Å². The highest BCUT2D eigenvalue weighted by Crippen LogP contribution is 2.30. The number of alkyl carbamates (subject to hydrolysis) is 1. The molecule has 0 heterocycles. The van der Waals surface area contributed by atoms with Crippen molar-refractivity contribution in [2.24, 2.45) is 0 Å². The number of carbonyl (C=O) groups is 3. The number of nitrogens with one attached hydrogen (secondary N) is 3. The van der Waals surface area contributed by atoms with E-state index < -0.39 is 29.7 Å². The molecule has 0 aromatic heterocycles. The first-order chi connectivity index (χ1) is 15.7. The van der Waals surface area contributed by atoms with Crippen LogP contribution >= 0.6 is 0 Å². The summed E-state index contributed by atoms with van der Waals surface area (Å²) < 4.78 is 10.6. The lowest BCUT2D eigenvalue weighted by molar-refractivity contribution is -0.147. The molecule has 0 aliphatic heterocycles. The molecule has 0 radical (unpaired) electrons. The van der Waals surface area contributed by atoms with Crippen molar-refractivity contribution in [2.45, 2.75) is 57.9 Å². The Morgan fingerprint density at radius 3 is 2.45 bits per heavy atom. The van der Waals surface area contributed by atoms with E-state index in [1.807, 2.05) is 48.5 Å². The maximum Gasteiger partial charge on any atom is 0.408 e. The van der Waals surface area contributed by atoms with Crippen LogP contribution < -0.4 is 16.0 Å². The number of fused-ring (bicyclic) bond motifs is 1. The maximum atomic E-state index is 12.7. The van der Waals surface area contributed by atoms with Crippen molar-refractivity contribution in [3.05, 3.63) is 71.3 Å². The lowest BCUT2D eigenvalue weighted by atomic mass is 10.1. The van der Waals surface area contributed by atoms with Crippen LogP contribution in [0.5, 0.6) is 0 Å². The van der Waals surface area contributed by atoms with Crippen molar-refractivity contribution in [2.75, 3.05) is 6.54 Å². The molecule has 8 nitrogen and oxygen atoms in total. The van der Waals surface area contributed by atoms with E-state index >= 15 is 0 Å². The molecule has 176 valence electrons. The Morgan fingerprint density at radius 2 is 1.73 bits per heavy atom. The van der Waals surface area contributed by atoms with Gasteiger partial charge in [-0.05, 0) is 50.3 Å². The molecule has 0 saturated carbocycles. The van der Waals surface area contributed by atoms with E-state index in [1.165, 1.54) is 5.56 Å². The van der Waals surface area contributed by atoms with Gasteiger partial charge in [0.2, 0.25) is 0 Å². The number of esters is 1. The molecule has 3 rings (SSSR count). The van der Waals surface area contributed by atoms with E-state index in [1.54, 1.807) is 20.8 Å². The van der Waals surface area contributed by atoms with Gasteiger partial charge >= 0.3 is 18.1 Å². The van der Waals surface area contributed by atoms with Crippen molar-refractivity contribution in [3.8, 4) is 0 Å². The summed E-state index contributed by atoms with van der Waals surface area (Å²) in [5.41, 5.74) is 2.39. The average Bonchev–Trinajstić information content (AvgIpc) is 3.17. The monoisotopic (exact) mass is 453 g/mol. The van der Waals surface area contributed by atoms with E-state index in [4.69, 9.17) is 9.47 Å². The molecule has 0 saturated heterocycles. The van der Waals surface area contributed by atoms with Crippen molar-refractivity contribution in [3.63, 3.8) is 0 Å². The van der Waals surface area contributed by atoms with Gasteiger partial charge in [-0.2, -0.15) is 0 Å². The summed E-state index contributed by atoms with van der Waals surface area (Å²) in [7, 11) is 0. The quantitative estimate of drug-likeness (QED) is 0.556. The summed E-state index contributed by atoms with van der Waals surface area (Å²) >= 11 is 0. The third-order valence-corrected chi connectivity index (χ3v) is 5.10. The summed E-state index contributed by atoms with van der Waals surface area (Å²) in [6.07, 6.45) is 0.942. The molecule has 1 aliphatic rings. The van der Waals surface area contributed by atoms with Gasteiger partial charge in [0.1, 0.15) is 18.2 Å². The van der Waals surface area contributed by atoms with E-state index in [0.29, 0.717) is 0 Å². The van der Waals surface area contributed by atoms with Gasteiger partial charge in [-0.25, -0.2) is 14.4 Å². The van der Waals surface area contributed by atoms with Crippen LogP contribution in [-0.2, 0) is 27.3 Å². The second kappa shape index (κ2) is 10.8. The fourth-order valence-corrected chi connectivity index (χ4v) is 3.58. The van der Waals surface area contributed by atoms with Crippen LogP contribution in [0.25, 0.3) is 0 Å². The Balaban J connectivity index is 1.57. The van der Waals surface area contributed by atoms with E-state index in [9.17, 15) is 14.4 Å². The number of carbonyl (C=O) groups excluding carboxylic acids is 3. The standard InChI is InChI=1S/C25H31N3O5/c1-25(2,3)33-24(31)28-21(22(29)32-16-17-9-5-4-6-10-17)15-26-23(30)27-20-14-13-18-11-7-8-12-19(18)20/h4-12,20-21H,13-16H2,1-3H3,(H,28,31)(H2,26,27,30)/t20-,21?/m1/s1. The number of hydrogen-bond donors (Lipinski definition) is 3. The molecular formula is C25H31N3O5. The molecular weight excluding hydrogens is 422 g/mol. The Labute approximate surface area is 194 Å². The van der Waals surface area contributed by atoms with Crippen LogP contribution in [0.2, 0.25) is 0 Å². The Morgan fingerprint density at radius 1 is 1.03 bits per heavy atom. The van der Waals surface area contributed by atoms with Crippen molar-refractivity contribution in [1.82, 2.24) is 16.0 Å². The average molecular weight is 454 g/mol. The summed E-state index contributed by atoms with van der Waals surface area (Å²) in [5, 5.41) is 8.10. The lowest BCUT2D eigenvalue weighted by Gasteiger charge is -2.23. The van der Waals surface area contributed by atoms with Crippen molar-refractivity contribution < 1.29 is 23.9 Å². The van der Waals surface area contributed by atoms with Crippen LogP contribution in [0.15, 0.2) is 54.6 Å². The molecule has 3 N–H and O–H groups in total. The van der Waals surface area contributed by atoms with Gasteiger partial charge in [-0.15, -0.1) is 0 Å². The topological polar surface area (TPSA) is 106 Å². The smallest absolute Gasteiger partial charge is 0.408 e. The van der Waals surface area contributed by atoms with Gasteiger partial charge in [-0.3, -0.25) is 0 Å². The Bertz CT molecular complexity index is 972. The fourth-order valence-electron chi connectivity index (χ4n) is 3.58. The Kier molecular flexibility index (Phi) is 7.92. The van der Waals surface area contributed by atoms with E-state index in [-0.39, 0.29) is 19.2 Å². The van der Waals surface area contributed by atoms with Crippen LogP contribution in [0, 0.1) is 0 Å². The van der Waals surface area contributed by atoms with Crippen LogP contribution in [0.4, 0.5) is 9.59 Å². The summed E-state index contributed by atoms with van der Waals surface area (Å²) in [6.45, 7) is 5.08. The van der Waals surface area contributed by atoms with Crippen molar-refractivity contribution in [1.29, 1.82) is 0 Å². The zero-order chi connectivity index (χ0) is 23.8. The molecule has 0 spiro atoms. The third-order valence-electron chi connectivity index (χ3n) is 5.10. The number of benzene rings is 2. The highest BCUT2D eigenvalue weighted by atomic mass is 16.6. The summed E-state index contributed by atoms with van der Waals surface area (Å²) in [5.74, 6) is -0.670. The predicted octanol–water partition coefficient (Wildman–Crippen LogP) is 3.61. The van der Waals surface area contributed by atoms with Gasteiger partial charge in [0.25, 0.3) is 0 Å². The molecule has 8 heteroatoms. The second-order valence-electron chi connectivity index (χ2n) is 8.94. The maximum absolute atomic E-state index is 12.7. The minimum absolute atomic E-state index is 0.0528. The zero-order valence-corrected chi connectivity index (χ0v) is 19.2. The fraction of sp³-hybridized carbons (Fsp3) is 0.400. The summed E-state index contributed by atoms with van der Waals surface area (Å²) in [6, 6.07) is 15.6. The second-order valence-corrected chi connectivity index (χ2v) is 8.94. The van der Waals surface area contributed by atoms with Crippen molar-refractivity contribution >= 4 is 18.1 Å². The van der Waals surface area contributed by atoms with Crippen LogP contribution in [-0.4, -0.2) is 36.3 Å². The van der Waals surface area contributed by atoms with Crippen LogP contribution in [0.1, 0.15) is 49.9 Å². The lowest BCUT2D eigenvalue weighted by Crippen LogP contribution is -2.52. The van der Waals surface area contributed by atoms with Gasteiger partial charge < -0.3 is 25.4 Å². The first-order valence-electron chi connectivity index (χ1n) is 11.0. The largest absolute Gasteiger partial charge is 0.459 e. The van der Waals surface area contributed by atoms with E-state index in [0.717, 1.165) is 24.0 Å². The molecule has 2 atom stereocenters. The number of ether oxygens (including phenoxy) is 2. The summed E-state index contributed by atoms with van der Waals surface area (Å²) in [4.78, 5) is 37.4. The first kappa shape index (κ1) is 24.1. The Hall–Kier alpha value is -3.55. The minimum atomic E-state index is -1.11. The predicted molar refractivity (Wildman–Crippen MR) is 123 cm³/mol. The molecule has 2 aromatic carbocycles. The molecule has 3 amide bonds. The highest BCUT2D eigenvalue weighted by Gasteiger charge is 2.27. The van der Waals surface area contributed by atoms with E-state index in [2.05, 4.69) is 22.0 Å². The van der Waals surface area contributed by atoms with Crippen LogP contribution in [0.3, 0.4) is 0 Å². The van der Waals surface area contributed by atoms with Gasteiger partial charge in [0, 0.05) is 0 Å². The number of aryl methyl sites for hydroxylation is 1. The molecule has 0 bridgehead atoms. The SMILES string of the molecule is CC(C)(C)OC(=O)NC(CNC(=O)N[C@@H]1CCc2ccccc21)C(=O)OCc1ccccc1. The number of rotatable bonds is 7.